The Labute approximate surface area is 517 Å². The normalized spacial score (nSPS) is 11.9. The van der Waals surface area contributed by atoms with Crippen LogP contribution < -0.4 is 10.2 Å². The van der Waals surface area contributed by atoms with Gasteiger partial charge in [0.05, 0.1) is 0 Å². The van der Waals surface area contributed by atoms with Gasteiger partial charge in [0, 0.05) is 24.8 Å². The summed E-state index contributed by atoms with van der Waals surface area (Å²) >= 11 is 0. The zero-order chi connectivity index (χ0) is 58.7. The molecule has 0 radical (unpaired) electrons. The molecule has 9 heteroatoms. The molecule has 0 N–H and O–H groups in total. The van der Waals surface area contributed by atoms with E-state index in [1.807, 2.05) is 0 Å². The number of carbonyl (C=O) groups excluding carboxylic acids is 4. The summed E-state index contributed by atoms with van der Waals surface area (Å²) in [7, 11) is 0. The second-order valence-electron chi connectivity index (χ2n) is 24.8. The van der Waals surface area contributed by atoms with Crippen LogP contribution in [0.25, 0.3) is 0 Å². The van der Waals surface area contributed by atoms with E-state index in [1.165, 1.54) is 244 Å². The smallest absolute Gasteiger partial charge is 0.550 e. The second-order valence-corrected chi connectivity index (χ2v) is 24.8. The van der Waals surface area contributed by atoms with Crippen LogP contribution in [0.5, 0.6) is 0 Å². The van der Waals surface area contributed by atoms with Gasteiger partial charge in [-0.1, -0.05) is 323 Å². The number of hydrogen-bond donors (Lipinski definition) is 0. The molecule has 0 spiro atoms. The Morgan fingerprint density at radius 2 is 0.383 bits per heavy atom. The van der Waals surface area contributed by atoms with E-state index >= 15 is 0 Å². The Morgan fingerprint density at radius 1 is 0.235 bits per heavy atom. The van der Waals surface area contributed by atoms with Crippen molar-refractivity contribution in [2.75, 3.05) is 0 Å². The molecular formula is C72H138O8Zn. The van der Waals surface area contributed by atoms with Crippen molar-refractivity contribution in [2.24, 2.45) is 0 Å². The Kier molecular flexibility index (Phi) is 75.2. The summed E-state index contributed by atoms with van der Waals surface area (Å²) in [5, 5.41) is 21.0. The summed E-state index contributed by atoms with van der Waals surface area (Å²) in [6, 6.07) is 0. The molecule has 81 heavy (non-hydrogen) atoms. The van der Waals surface area contributed by atoms with Gasteiger partial charge in [-0.2, -0.15) is 0 Å². The van der Waals surface area contributed by atoms with Crippen molar-refractivity contribution < 1.29 is 58.3 Å². The molecule has 2 unspecified atom stereocenters. The topological polar surface area (TPSA) is 133 Å². The predicted molar refractivity (Wildman–Crippen MR) is 339 cm³/mol. The van der Waals surface area contributed by atoms with E-state index in [2.05, 4.69) is 27.7 Å². The summed E-state index contributed by atoms with van der Waals surface area (Å²) in [6.45, 7) is 9.05. The van der Waals surface area contributed by atoms with E-state index in [0.717, 1.165) is 128 Å². The van der Waals surface area contributed by atoms with Gasteiger partial charge in [0.15, 0.2) is 0 Å². The van der Waals surface area contributed by atoms with Crippen molar-refractivity contribution in [1.29, 1.82) is 0 Å². The first-order chi connectivity index (χ1) is 39.2. The van der Waals surface area contributed by atoms with E-state index < -0.39 is 11.9 Å². The predicted octanol–water partition coefficient (Wildman–Crippen LogP) is 21.6. The number of aliphatic carboxylic acids is 2. The average Bonchev–Trinajstić information content (AvgIpc) is 3.43. The Hall–Kier alpha value is -1.50. The number of unbranched alkanes of at least 4 members (excludes halogenated alkanes) is 48. The molecular weight excluding hydrogens is 1060 g/mol. The fourth-order valence-electron chi connectivity index (χ4n) is 11.3. The van der Waals surface area contributed by atoms with Crippen molar-refractivity contribution in [3.63, 3.8) is 0 Å². The molecule has 8 nitrogen and oxygen atoms in total. The van der Waals surface area contributed by atoms with Crippen LogP contribution in [-0.2, 0) is 48.1 Å². The fraction of sp³-hybridized carbons (Fsp3) is 0.944. The number of rotatable bonds is 66. The number of carbonyl (C=O) groups is 4. The maximum atomic E-state index is 12.5. The quantitative estimate of drug-likeness (QED) is 0.0334. The third-order valence-electron chi connectivity index (χ3n) is 16.6. The zero-order valence-electron chi connectivity index (χ0n) is 55.0. The van der Waals surface area contributed by atoms with E-state index in [9.17, 15) is 29.4 Å². The van der Waals surface area contributed by atoms with Gasteiger partial charge in [0.1, 0.15) is 12.2 Å². The molecule has 0 aliphatic rings. The van der Waals surface area contributed by atoms with Gasteiger partial charge in [0.2, 0.25) is 0 Å². The van der Waals surface area contributed by atoms with Crippen molar-refractivity contribution in [3.8, 4) is 0 Å². The first-order valence-corrected chi connectivity index (χ1v) is 36.0. The molecule has 0 aromatic rings. The van der Waals surface area contributed by atoms with Gasteiger partial charge in [-0.25, -0.2) is 0 Å². The van der Waals surface area contributed by atoms with E-state index in [0.29, 0.717) is 12.8 Å². The minimum atomic E-state index is -0.935. The molecule has 476 valence electrons. The molecule has 0 bridgehead atoms. The molecule has 0 saturated carbocycles. The van der Waals surface area contributed by atoms with Gasteiger partial charge in [-0.15, -0.1) is 0 Å². The van der Waals surface area contributed by atoms with Crippen LogP contribution in [0, 0.1) is 0 Å². The van der Waals surface area contributed by atoms with Crippen LogP contribution >= 0.6 is 0 Å². The number of hydrogen-bond acceptors (Lipinski definition) is 8. The standard InChI is InChI=1S/2C36H70O4.Zn/c2*1-3-5-7-9-10-11-12-13-14-15-16-17-21-25-29-33-36(39)40-34(30-26-22-8-6-4-2)31-27-23-19-18-20-24-28-32-35(37)38;/h2*34H,3-33H2,1-2H3,(H,37,38);/q;;+2/p-2. The van der Waals surface area contributed by atoms with Crippen molar-refractivity contribution >= 4 is 23.9 Å². The first-order valence-electron chi connectivity index (χ1n) is 36.0. The monoisotopic (exact) mass is 1190 g/mol. The van der Waals surface area contributed by atoms with E-state index in [1.54, 1.807) is 0 Å². The Morgan fingerprint density at radius 3 is 0.556 bits per heavy atom. The Balaban J connectivity index is -0.00000148. The third kappa shape index (κ3) is 74.6. The molecule has 0 saturated heterocycles. The van der Waals surface area contributed by atoms with Crippen LogP contribution in [0.2, 0.25) is 0 Å². The van der Waals surface area contributed by atoms with Crippen molar-refractivity contribution in [3.05, 3.63) is 0 Å². The summed E-state index contributed by atoms with van der Waals surface area (Å²) in [6.07, 6.45) is 73.2. The van der Waals surface area contributed by atoms with Crippen LogP contribution in [0.4, 0.5) is 0 Å². The molecule has 2 atom stereocenters. The number of ether oxygens (including phenoxy) is 2. The summed E-state index contributed by atoms with van der Waals surface area (Å²) in [5.41, 5.74) is 0. The molecule has 0 rings (SSSR count). The molecule has 0 aliphatic carbocycles. The maximum absolute atomic E-state index is 12.5. The molecule has 0 amide bonds. The SMILES string of the molecule is CCCCCCCCCCCCCCCCCC(=O)OC(CCCCCCC)CCCCCCCCCC(=O)[O-].CCCCCCCCCCCCCCCCCC(=O)OC(CCCCCCC)CCCCCCCCCC(=O)[O-].[Zn+2]. The molecule has 0 heterocycles. The maximum Gasteiger partial charge on any atom is 2.00 e. The van der Waals surface area contributed by atoms with Crippen LogP contribution in [0.1, 0.15) is 426 Å². The molecule has 0 fully saturated rings. The van der Waals surface area contributed by atoms with Crippen LogP contribution in [-0.4, -0.2) is 36.1 Å². The molecule has 0 aromatic carbocycles. The Bertz CT molecular complexity index is 1170. The van der Waals surface area contributed by atoms with Gasteiger partial charge < -0.3 is 29.3 Å². The van der Waals surface area contributed by atoms with Gasteiger partial charge in [0.25, 0.3) is 0 Å². The summed E-state index contributed by atoms with van der Waals surface area (Å²) in [4.78, 5) is 46.0. The number of carboxylic acids is 2. The largest absolute Gasteiger partial charge is 2.00 e. The van der Waals surface area contributed by atoms with Gasteiger partial charge in [-0.3, -0.25) is 9.59 Å². The number of carboxylic acid groups (broad SMARTS) is 2. The number of esters is 2. The first kappa shape index (κ1) is 83.7. The van der Waals surface area contributed by atoms with E-state index in [4.69, 9.17) is 9.47 Å². The van der Waals surface area contributed by atoms with Crippen LogP contribution in [0.15, 0.2) is 0 Å². The van der Waals surface area contributed by atoms with Crippen LogP contribution in [0.3, 0.4) is 0 Å². The zero-order valence-corrected chi connectivity index (χ0v) is 57.9. The van der Waals surface area contributed by atoms with Gasteiger partial charge in [-0.05, 0) is 89.9 Å². The molecule has 0 aromatic heterocycles. The summed E-state index contributed by atoms with van der Waals surface area (Å²) < 4.78 is 11.9. The third-order valence-corrected chi connectivity index (χ3v) is 16.6. The average molecular weight is 1200 g/mol. The minimum absolute atomic E-state index is 0. The molecule has 0 aliphatic heterocycles. The fourth-order valence-corrected chi connectivity index (χ4v) is 11.3. The van der Waals surface area contributed by atoms with Crippen molar-refractivity contribution in [1.82, 2.24) is 0 Å². The van der Waals surface area contributed by atoms with Crippen molar-refractivity contribution in [2.45, 2.75) is 438 Å². The summed E-state index contributed by atoms with van der Waals surface area (Å²) in [5.74, 6) is -1.84. The van der Waals surface area contributed by atoms with E-state index in [-0.39, 0.29) is 56.5 Å². The van der Waals surface area contributed by atoms with Gasteiger partial charge >= 0.3 is 31.4 Å². The second kappa shape index (κ2) is 72.8. The minimum Gasteiger partial charge on any atom is -0.550 e.